The van der Waals surface area contributed by atoms with Crippen molar-refractivity contribution in [3.05, 3.63) is 0 Å². The van der Waals surface area contributed by atoms with Crippen LogP contribution in [0.3, 0.4) is 0 Å². The Morgan fingerprint density at radius 2 is 2.13 bits per heavy atom. The normalized spacial score (nSPS) is 22.9. The zero-order valence-electron chi connectivity index (χ0n) is 8.34. The van der Waals surface area contributed by atoms with Crippen LogP contribution in [0.1, 0.15) is 19.8 Å². The fourth-order valence-electron chi connectivity index (χ4n) is 1.69. The Morgan fingerprint density at radius 3 is 2.53 bits per heavy atom. The predicted molar refractivity (Wildman–Crippen MR) is 49.2 cm³/mol. The Labute approximate surface area is 86.5 Å². The van der Waals surface area contributed by atoms with Crippen molar-refractivity contribution in [1.29, 1.82) is 0 Å². The summed E-state index contributed by atoms with van der Waals surface area (Å²) in [5.41, 5.74) is 0. The van der Waals surface area contributed by atoms with E-state index < -0.39 is 23.9 Å². The topological polar surface area (TPSA) is 94.9 Å². The molecule has 1 saturated heterocycles. The van der Waals surface area contributed by atoms with E-state index in [4.69, 9.17) is 10.2 Å². The summed E-state index contributed by atoms with van der Waals surface area (Å²) in [4.78, 5) is 33.8. The van der Waals surface area contributed by atoms with E-state index in [-0.39, 0.29) is 25.3 Å². The van der Waals surface area contributed by atoms with Crippen LogP contribution in [-0.2, 0) is 14.4 Å². The van der Waals surface area contributed by atoms with Crippen molar-refractivity contribution in [2.24, 2.45) is 5.92 Å². The molecule has 2 unspecified atom stereocenters. The molecule has 1 aliphatic rings. The van der Waals surface area contributed by atoms with E-state index in [2.05, 4.69) is 0 Å². The Hall–Kier alpha value is -1.59. The second-order valence-corrected chi connectivity index (χ2v) is 3.73. The van der Waals surface area contributed by atoms with Crippen LogP contribution in [0.25, 0.3) is 0 Å². The number of hydrogen-bond acceptors (Lipinski definition) is 3. The van der Waals surface area contributed by atoms with E-state index in [1.54, 1.807) is 6.92 Å². The molecule has 0 aromatic carbocycles. The number of nitrogens with zero attached hydrogens (tertiary/aromatic N) is 1. The number of likely N-dealkylation sites (tertiary alicyclic amines) is 1. The molecular formula is C9H13NO5. The molecule has 6 heteroatoms. The van der Waals surface area contributed by atoms with Crippen LogP contribution >= 0.6 is 0 Å². The zero-order chi connectivity index (χ0) is 11.6. The quantitative estimate of drug-likeness (QED) is 0.676. The molecule has 0 saturated carbocycles. The van der Waals surface area contributed by atoms with Gasteiger partial charge in [0.15, 0.2) is 0 Å². The standard InChI is InChI=1S/C9H13NO5/c1-5(2-8(12)13)10-4-6(9(14)15)3-7(10)11/h5-6H,2-4H2,1H3,(H,12,13)(H,14,15). The zero-order valence-corrected chi connectivity index (χ0v) is 8.34. The number of carboxylic acids is 2. The first-order valence-corrected chi connectivity index (χ1v) is 4.66. The number of hydrogen-bond donors (Lipinski definition) is 2. The molecule has 15 heavy (non-hydrogen) atoms. The van der Waals surface area contributed by atoms with Gasteiger partial charge in [0.05, 0.1) is 12.3 Å². The molecule has 0 radical (unpaired) electrons. The first-order valence-electron chi connectivity index (χ1n) is 4.66. The maximum Gasteiger partial charge on any atom is 0.308 e. The van der Waals surface area contributed by atoms with E-state index in [0.717, 1.165) is 0 Å². The highest BCUT2D eigenvalue weighted by atomic mass is 16.4. The SMILES string of the molecule is CC(CC(=O)O)N1CC(C(=O)O)CC1=O. The molecule has 0 spiro atoms. The van der Waals surface area contributed by atoms with Crippen molar-refractivity contribution >= 4 is 17.8 Å². The highest BCUT2D eigenvalue weighted by Gasteiger charge is 2.36. The second kappa shape index (κ2) is 4.29. The maximum absolute atomic E-state index is 11.4. The predicted octanol–water partition coefficient (Wildman–Crippen LogP) is -0.217. The summed E-state index contributed by atoms with van der Waals surface area (Å²) in [7, 11) is 0. The van der Waals surface area contributed by atoms with Gasteiger partial charge >= 0.3 is 11.9 Å². The first kappa shape index (κ1) is 11.5. The molecule has 0 bridgehead atoms. The Balaban J connectivity index is 2.60. The molecular weight excluding hydrogens is 202 g/mol. The minimum Gasteiger partial charge on any atom is -0.481 e. The van der Waals surface area contributed by atoms with E-state index >= 15 is 0 Å². The van der Waals surface area contributed by atoms with Gasteiger partial charge < -0.3 is 15.1 Å². The smallest absolute Gasteiger partial charge is 0.308 e. The third-order valence-corrected chi connectivity index (χ3v) is 2.51. The van der Waals surface area contributed by atoms with Gasteiger partial charge in [-0.25, -0.2) is 0 Å². The van der Waals surface area contributed by atoms with Gasteiger partial charge in [0, 0.05) is 19.0 Å². The highest BCUT2D eigenvalue weighted by molar-refractivity contribution is 5.86. The molecule has 6 nitrogen and oxygen atoms in total. The fourth-order valence-corrected chi connectivity index (χ4v) is 1.69. The lowest BCUT2D eigenvalue weighted by atomic mass is 10.1. The lowest BCUT2D eigenvalue weighted by Gasteiger charge is -2.22. The van der Waals surface area contributed by atoms with Crippen molar-refractivity contribution in [2.45, 2.75) is 25.8 Å². The van der Waals surface area contributed by atoms with Crippen LogP contribution in [0, 0.1) is 5.92 Å². The number of carbonyl (C=O) groups excluding carboxylic acids is 1. The van der Waals surface area contributed by atoms with Crippen LogP contribution in [0.5, 0.6) is 0 Å². The van der Waals surface area contributed by atoms with Crippen molar-refractivity contribution < 1.29 is 24.6 Å². The van der Waals surface area contributed by atoms with Gasteiger partial charge in [0.2, 0.25) is 5.91 Å². The maximum atomic E-state index is 11.4. The summed E-state index contributed by atoms with van der Waals surface area (Å²) >= 11 is 0. The summed E-state index contributed by atoms with van der Waals surface area (Å²) in [5, 5.41) is 17.3. The molecule has 1 amide bonds. The van der Waals surface area contributed by atoms with Gasteiger partial charge in [-0.1, -0.05) is 0 Å². The van der Waals surface area contributed by atoms with Crippen LogP contribution in [0.15, 0.2) is 0 Å². The number of carbonyl (C=O) groups is 3. The molecule has 1 rings (SSSR count). The third kappa shape index (κ3) is 2.68. The monoisotopic (exact) mass is 215 g/mol. The van der Waals surface area contributed by atoms with Gasteiger partial charge in [0.25, 0.3) is 0 Å². The summed E-state index contributed by atoms with van der Waals surface area (Å²) in [6, 6.07) is -0.445. The molecule has 0 aromatic heterocycles. The summed E-state index contributed by atoms with van der Waals surface area (Å²) < 4.78 is 0. The van der Waals surface area contributed by atoms with Crippen molar-refractivity contribution in [3.63, 3.8) is 0 Å². The number of rotatable bonds is 4. The molecule has 1 heterocycles. The Kier molecular flexibility index (Phi) is 3.28. The molecule has 1 aliphatic heterocycles. The largest absolute Gasteiger partial charge is 0.481 e. The summed E-state index contributed by atoms with van der Waals surface area (Å²) in [6.07, 6.45) is -0.183. The molecule has 0 aromatic rings. The summed E-state index contributed by atoms with van der Waals surface area (Å²) in [6.45, 7) is 1.72. The Bertz CT molecular complexity index is 301. The van der Waals surface area contributed by atoms with Crippen molar-refractivity contribution in [2.75, 3.05) is 6.54 Å². The molecule has 2 atom stereocenters. The lowest BCUT2D eigenvalue weighted by Crippen LogP contribution is -2.36. The second-order valence-electron chi connectivity index (χ2n) is 3.73. The molecule has 2 N–H and O–H groups in total. The van der Waals surface area contributed by atoms with E-state index in [1.807, 2.05) is 0 Å². The summed E-state index contributed by atoms with van der Waals surface area (Å²) in [5.74, 6) is -2.98. The number of aliphatic carboxylic acids is 2. The van der Waals surface area contributed by atoms with E-state index in [0.29, 0.717) is 0 Å². The minimum atomic E-state index is -1.01. The Morgan fingerprint density at radius 1 is 1.53 bits per heavy atom. The molecule has 84 valence electrons. The van der Waals surface area contributed by atoms with Crippen molar-refractivity contribution in [3.8, 4) is 0 Å². The van der Waals surface area contributed by atoms with Crippen LogP contribution in [0.2, 0.25) is 0 Å². The van der Waals surface area contributed by atoms with Gasteiger partial charge in [-0.3, -0.25) is 14.4 Å². The number of carboxylic acid groups (broad SMARTS) is 2. The van der Waals surface area contributed by atoms with Gasteiger partial charge in [-0.05, 0) is 6.92 Å². The minimum absolute atomic E-state index is 0.0285. The molecule has 0 aliphatic carbocycles. The van der Waals surface area contributed by atoms with Gasteiger partial charge in [-0.2, -0.15) is 0 Å². The molecule has 1 fully saturated rings. The third-order valence-electron chi connectivity index (χ3n) is 2.51. The van der Waals surface area contributed by atoms with E-state index in [9.17, 15) is 14.4 Å². The van der Waals surface area contributed by atoms with Crippen molar-refractivity contribution in [1.82, 2.24) is 4.90 Å². The van der Waals surface area contributed by atoms with Crippen LogP contribution in [0.4, 0.5) is 0 Å². The number of amides is 1. The van der Waals surface area contributed by atoms with Crippen LogP contribution in [-0.4, -0.2) is 45.5 Å². The average Bonchev–Trinajstić information content (AvgIpc) is 2.46. The first-order chi connectivity index (χ1) is 6.91. The fraction of sp³-hybridized carbons (Fsp3) is 0.667. The average molecular weight is 215 g/mol. The van der Waals surface area contributed by atoms with Gasteiger partial charge in [-0.15, -0.1) is 0 Å². The van der Waals surface area contributed by atoms with Gasteiger partial charge in [0.1, 0.15) is 0 Å². The lowest BCUT2D eigenvalue weighted by molar-refractivity contribution is -0.141. The highest BCUT2D eigenvalue weighted by Crippen LogP contribution is 2.21. The van der Waals surface area contributed by atoms with Crippen LogP contribution < -0.4 is 0 Å². The van der Waals surface area contributed by atoms with E-state index in [1.165, 1.54) is 4.90 Å².